The number of allylic oxidation sites excluding steroid dienone is 1. The first kappa shape index (κ1) is 17.3. The Morgan fingerprint density at radius 3 is 2.48 bits per heavy atom. The summed E-state index contributed by atoms with van der Waals surface area (Å²) in [4.78, 5) is 24.4. The van der Waals surface area contributed by atoms with Gasteiger partial charge in [-0.15, -0.1) is 0 Å². The maximum atomic E-state index is 14.1. The predicted octanol–water partition coefficient (Wildman–Crippen LogP) is 2.31. The summed E-state index contributed by atoms with van der Waals surface area (Å²) in [5.41, 5.74) is -0.558. The van der Waals surface area contributed by atoms with E-state index >= 15 is 0 Å². The van der Waals surface area contributed by atoms with Gasteiger partial charge in [0.1, 0.15) is 11.4 Å². The number of sulfone groups is 1. The van der Waals surface area contributed by atoms with E-state index in [0.29, 0.717) is 12.8 Å². The Morgan fingerprint density at radius 2 is 2.00 bits per heavy atom. The average Bonchev–Trinajstić information content (AvgIpc) is 3.30. The maximum Gasteiger partial charge on any atom is 0.202 e. The van der Waals surface area contributed by atoms with E-state index in [2.05, 4.69) is 0 Å². The molecule has 0 bridgehead atoms. The van der Waals surface area contributed by atoms with Crippen molar-refractivity contribution in [1.82, 2.24) is 0 Å². The SMILES string of the molecule is CCOC=C(C(=O)c1ccc(S(C)(=O)=O)cc1F)C(=O)C1CC1. The third-order valence-electron chi connectivity index (χ3n) is 3.44. The zero-order valence-electron chi connectivity index (χ0n) is 12.8. The van der Waals surface area contributed by atoms with Gasteiger partial charge in [0.05, 0.1) is 23.3 Å². The van der Waals surface area contributed by atoms with Crippen LogP contribution in [0.4, 0.5) is 4.39 Å². The molecule has 124 valence electrons. The number of halogens is 1. The Hall–Kier alpha value is -2.02. The molecule has 0 heterocycles. The highest BCUT2D eigenvalue weighted by Gasteiger charge is 2.35. The van der Waals surface area contributed by atoms with Gasteiger partial charge < -0.3 is 4.74 Å². The molecule has 1 aromatic carbocycles. The number of carbonyl (C=O) groups excluding carboxylic acids is 2. The zero-order chi connectivity index (χ0) is 17.2. The Kier molecular flexibility index (Phi) is 4.99. The molecule has 0 aliphatic heterocycles. The molecule has 0 radical (unpaired) electrons. The standard InChI is InChI=1S/C16H17FO5S/c1-3-22-9-13(15(18)10-4-5-10)16(19)12-7-6-11(8-14(12)17)23(2,20)21/h6-10H,3-5H2,1-2H3. The first-order chi connectivity index (χ1) is 10.8. The van der Waals surface area contributed by atoms with Crippen molar-refractivity contribution in [2.24, 2.45) is 5.92 Å². The highest BCUT2D eigenvalue weighted by Crippen LogP contribution is 2.33. The van der Waals surface area contributed by atoms with Crippen molar-refractivity contribution in [3.8, 4) is 0 Å². The van der Waals surface area contributed by atoms with Crippen LogP contribution in [0.25, 0.3) is 0 Å². The van der Waals surface area contributed by atoms with E-state index in [4.69, 9.17) is 4.74 Å². The number of hydrogen-bond acceptors (Lipinski definition) is 5. The van der Waals surface area contributed by atoms with Gasteiger partial charge in [-0.25, -0.2) is 12.8 Å². The average molecular weight is 340 g/mol. The monoisotopic (exact) mass is 340 g/mol. The number of hydrogen-bond donors (Lipinski definition) is 0. The van der Waals surface area contributed by atoms with Crippen LogP contribution in [0.5, 0.6) is 0 Å². The van der Waals surface area contributed by atoms with Crippen LogP contribution < -0.4 is 0 Å². The van der Waals surface area contributed by atoms with Gasteiger partial charge in [0.25, 0.3) is 0 Å². The van der Waals surface area contributed by atoms with Gasteiger partial charge in [0, 0.05) is 12.2 Å². The van der Waals surface area contributed by atoms with Crippen molar-refractivity contribution in [2.75, 3.05) is 12.9 Å². The topological polar surface area (TPSA) is 77.5 Å². The Balaban J connectivity index is 2.38. The van der Waals surface area contributed by atoms with Gasteiger partial charge in [-0.1, -0.05) is 0 Å². The minimum atomic E-state index is -3.58. The summed E-state index contributed by atoms with van der Waals surface area (Å²) in [7, 11) is -3.58. The highest BCUT2D eigenvalue weighted by molar-refractivity contribution is 7.90. The molecule has 0 amide bonds. The number of ether oxygens (including phenoxy) is 1. The summed E-state index contributed by atoms with van der Waals surface area (Å²) in [5, 5.41) is 0. The van der Waals surface area contributed by atoms with E-state index in [1.165, 1.54) is 0 Å². The lowest BCUT2D eigenvalue weighted by Gasteiger charge is -2.08. The lowest BCUT2D eigenvalue weighted by molar-refractivity contribution is -0.116. The van der Waals surface area contributed by atoms with Gasteiger partial charge in [-0.05, 0) is 38.0 Å². The number of Topliss-reactive ketones (excluding diaryl/α,β-unsaturated/α-hetero) is 2. The second-order valence-corrected chi connectivity index (χ2v) is 7.38. The van der Waals surface area contributed by atoms with Gasteiger partial charge >= 0.3 is 0 Å². The van der Waals surface area contributed by atoms with Crippen molar-refractivity contribution < 1.29 is 27.1 Å². The van der Waals surface area contributed by atoms with E-state index in [1.807, 2.05) is 0 Å². The van der Waals surface area contributed by atoms with Crippen LogP contribution in [0, 0.1) is 11.7 Å². The van der Waals surface area contributed by atoms with E-state index in [0.717, 1.165) is 30.7 Å². The lowest BCUT2D eigenvalue weighted by atomic mass is 9.98. The molecule has 0 aromatic heterocycles. The number of benzene rings is 1. The van der Waals surface area contributed by atoms with Crippen LogP contribution in [0.3, 0.4) is 0 Å². The molecule has 1 aliphatic carbocycles. The molecule has 0 N–H and O–H groups in total. The fourth-order valence-corrected chi connectivity index (χ4v) is 2.64. The lowest BCUT2D eigenvalue weighted by Crippen LogP contribution is -2.17. The van der Waals surface area contributed by atoms with E-state index in [-0.39, 0.29) is 34.3 Å². The molecule has 2 rings (SSSR count). The Labute approximate surface area is 134 Å². The van der Waals surface area contributed by atoms with Crippen LogP contribution in [0.2, 0.25) is 0 Å². The van der Waals surface area contributed by atoms with Crippen molar-refractivity contribution in [3.63, 3.8) is 0 Å². The van der Waals surface area contributed by atoms with Gasteiger partial charge in [0.2, 0.25) is 5.78 Å². The molecule has 5 nitrogen and oxygen atoms in total. The number of carbonyl (C=O) groups is 2. The molecule has 0 saturated heterocycles. The van der Waals surface area contributed by atoms with Crippen LogP contribution in [-0.2, 0) is 19.4 Å². The quantitative estimate of drug-likeness (QED) is 0.250. The third-order valence-corrected chi connectivity index (χ3v) is 4.55. The molecule has 0 spiro atoms. The summed E-state index contributed by atoms with van der Waals surface area (Å²) in [6, 6.07) is 3.00. The molecule has 0 unspecified atom stereocenters. The summed E-state index contributed by atoms with van der Waals surface area (Å²) < 4.78 is 42.0. The molecule has 7 heteroatoms. The first-order valence-corrected chi connectivity index (χ1v) is 9.05. The molecule has 0 atom stereocenters. The zero-order valence-corrected chi connectivity index (χ0v) is 13.7. The first-order valence-electron chi connectivity index (χ1n) is 7.16. The Morgan fingerprint density at radius 1 is 1.35 bits per heavy atom. The van der Waals surface area contributed by atoms with E-state index in [9.17, 15) is 22.4 Å². The molecule has 1 fully saturated rings. The van der Waals surface area contributed by atoms with Crippen molar-refractivity contribution >= 4 is 21.4 Å². The summed E-state index contributed by atoms with van der Waals surface area (Å²) >= 11 is 0. The van der Waals surface area contributed by atoms with E-state index in [1.54, 1.807) is 6.92 Å². The van der Waals surface area contributed by atoms with E-state index < -0.39 is 21.4 Å². The number of rotatable bonds is 7. The minimum Gasteiger partial charge on any atom is -0.501 e. The van der Waals surface area contributed by atoms with Gasteiger partial charge in [0.15, 0.2) is 15.6 Å². The molecule has 1 aliphatic rings. The second-order valence-electron chi connectivity index (χ2n) is 5.37. The molecular formula is C16H17FO5S. The fourth-order valence-electron chi connectivity index (χ4n) is 2.01. The highest BCUT2D eigenvalue weighted by atomic mass is 32.2. The third kappa shape index (κ3) is 4.04. The van der Waals surface area contributed by atoms with Crippen LogP contribution in [0.1, 0.15) is 30.1 Å². The van der Waals surface area contributed by atoms with Crippen LogP contribution in [0.15, 0.2) is 34.9 Å². The smallest absolute Gasteiger partial charge is 0.202 e. The van der Waals surface area contributed by atoms with Crippen molar-refractivity contribution in [3.05, 3.63) is 41.4 Å². The normalized spacial score (nSPS) is 15.3. The van der Waals surface area contributed by atoms with Crippen LogP contribution >= 0.6 is 0 Å². The maximum absolute atomic E-state index is 14.1. The summed E-state index contributed by atoms with van der Waals surface area (Å²) in [6.45, 7) is 1.96. The van der Waals surface area contributed by atoms with Gasteiger partial charge in [-0.2, -0.15) is 0 Å². The van der Waals surface area contributed by atoms with Crippen molar-refractivity contribution in [1.29, 1.82) is 0 Å². The molecule has 23 heavy (non-hydrogen) atoms. The molecule has 1 aromatic rings. The predicted molar refractivity (Wildman–Crippen MR) is 81.3 cm³/mol. The van der Waals surface area contributed by atoms with Crippen molar-refractivity contribution in [2.45, 2.75) is 24.7 Å². The Bertz CT molecular complexity index is 776. The fraction of sp³-hybridized carbons (Fsp3) is 0.375. The van der Waals surface area contributed by atoms with Gasteiger partial charge in [-0.3, -0.25) is 9.59 Å². The largest absolute Gasteiger partial charge is 0.501 e. The summed E-state index contributed by atoms with van der Waals surface area (Å²) in [5.74, 6) is -2.36. The molecule has 1 saturated carbocycles. The minimum absolute atomic E-state index is 0.208. The molecular weight excluding hydrogens is 323 g/mol. The second kappa shape index (κ2) is 6.62. The number of ketones is 2. The van der Waals surface area contributed by atoms with Crippen LogP contribution in [-0.4, -0.2) is 32.8 Å². The summed E-state index contributed by atoms with van der Waals surface area (Å²) in [6.07, 6.45) is 3.41.